The van der Waals surface area contributed by atoms with E-state index in [1.807, 2.05) is 6.07 Å². The van der Waals surface area contributed by atoms with Crippen molar-refractivity contribution in [3.8, 4) is 0 Å². The quantitative estimate of drug-likeness (QED) is 0.754. The van der Waals surface area contributed by atoms with E-state index in [1.54, 1.807) is 18.2 Å². The molecule has 7 heteroatoms. The predicted octanol–water partition coefficient (Wildman–Crippen LogP) is 2.63. The van der Waals surface area contributed by atoms with Crippen LogP contribution in [0.3, 0.4) is 0 Å². The Morgan fingerprint density at radius 1 is 1.12 bits per heavy atom. The summed E-state index contributed by atoms with van der Waals surface area (Å²) in [6, 6.07) is 10.7. The number of nitrogens with zero attached hydrogens (tertiary/aromatic N) is 1. The second kappa shape index (κ2) is 5.79. The van der Waals surface area contributed by atoms with Crippen molar-refractivity contribution in [3.05, 3.63) is 65.6 Å². The molecule has 0 saturated heterocycles. The van der Waals surface area contributed by atoms with Gasteiger partial charge in [0.2, 0.25) is 0 Å². The average Bonchev–Trinajstić information content (AvgIpc) is 2.96. The summed E-state index contributed by atoms with van der Waals surface area (Å²) in [6.07, 6.45) is 1.82. The average molecular weight is 358 g/mol. The van der Waals surface area contributed by atoms with E-state index in [4.69, 9.17) is 0 Å². The molecule has 0 aliphatic heterocycles. The molecular formula is C18H15FN2O3S. The minimum atomic E-state index is -3.93. The van der Waals surface area contributed by atoms with Gasteiger partial charge in [-0.15, -0.1) is 0 Å². The van der Waals surface area contributed by atoms with Gasteiger partial charge in [-0.3, -0.25) is 9.71 Å². The van der Waals surface area contributed by atoms with Gasteiger partial charge in [-0.05, 0) is 47.9 Å². The van der Waals surface area contributed by atoms with Gasteiger partial charge in [-0.2, -0.15) is 0 Å². The second-order valence-corrected chi connectivity index (χ2v) is 7.71. The second-order valence-electron chi connectivity index (χ2n) is 6.06. The molecule has 1 aromatic heterocycles. The molecule has 2 N–H and O–H groups in total. The molecule has 25 heavy (non-hydrogen) atoms. The minimum absolute atomic E-state index is 0.0130. The lowest BCUT2D eigenvalue weighted by molar-refractivity contribution is 0.187. The molecule has 0 unspecified atom stereocenters. The number of rotatable bonds is 3. The van der Waals surface area contributed by atoms with Crippen molar-refractivity contribution in [2.24, 2.45) is 0 Å². The molecule has 2 aromatic carbocycles. The summed E-state index contributed by atoms with van der Waals surface area (Å²) in [5, 5.41) is 10.1. The van der Waals surface area contributed by atoms with Crippen molar-refractivity contribution in [1.29, 1.82) is 0 Å². The minimum Gasteiger partial charge on any atom is -0.392 e. The number of anilines is 1. The molecule has 1 aliphatic carbocycles. The van der Waals surface area contributed by atoms with Gasteiger partial charge in [0.1, 0.15) is 11.3 Å². The van der Waals surface area contributed by atoms with E-state index in [2.05, 4.69) is 9.71 Å². The molecule has 128 valence electrons. The topological polar surface area (TPSA) is 79.3 Å². The Labute approximate surface area is 144 Å². The molecule has 0 saturated carbocycles. The Balaban J connectivity index is 1.80. The maximum atomic E-state index is 13.9. The third kappa shape index (κ3) is 2.75. The van der Waals surface area contributed by atoms with Crippen LogP contribution >= 0.6 is 0 Å². The maximum Gasteiger partial charge on any atom is 0.262 e. The van der Waals surface area contributed by atoms with Crippen LogP contribution in [-0.4, -0.2) is 24.6 Å². The number of pyridine rings is 1. The lowest BCUT2D eigenvalue weighted by atomic mass is 10.1. The van der Waals surface area contributed by atoms with Crippen LogP contribution in [0.4, 0.5) is 10.1 Å². The van der Waals surface area contributed by atoms with Gasteiger partial charge in [0.15, 0.2) is 0 Å². The van der Waals surface area contributed by atoms with Crippen molar-refractivity contribution in [3.63, 3.8) is 0 Å². The molecule has 0 bridgehead atoms. The number of sulfonamides is 1. The number of aliphatic hydroxyl groups excluding tert-OH is 1. The van der Waals surface area contributed by atoms with Gasteiger partial charge in [0, 0.05) is 18.0 Å². The Kier molecular flexibility index (Phi) is 3.70. The SMILES string of the molecule is O=S(=O)(Nc1cccc2c1C[C@@H](O)C2)c1ccc(F)c2ncccc12. The third-order valence-electron chi connectivity index (χ3n) is 4.38. The van der Waals surface area contributed by atoms with E-state index in [9.17, 15) is 17.9 Å². The number of fused-ring (bicyclic) bond motifs is 2. The highest BCUT2D eigenvalue weighted by Gasteiger charge is 2.25. The van der Waals surface area contributed by atoms with Crippen molar-refractivity contribution in [2.45, 2.75) is 23.8 Å². The molecular weight excluding hydrogens is 343 g/mol. The molecule has 1 aliphatic rings. The number of halogens is 1. The largest absolute Gasteiger partial charge is 0.392 e. The number of hydrogen-bond donors (Lipinski definition) is 2. The van der Waals surface area contributed by atoms with Crippen LogP contribution < -0.4 is 4.72 Å². The van der Waals surface area contributed by atoms with Gasteiger partial charge in [-0.1, -0.05) is 12.1 Å². The Bertz CT molecular complexity index is 1080. The Hall–Kier alpha value is -2.51. The van der Waals surface area contributed by atoms with E-state index in [1.165, 1.54) is 18.3 Å². The molecule has 1 atom stereocenters. The highest BCUT2D eigenvalue weighted by molar-refractivity contribution is 7.93. The van der Waals surface area contributed by atoms with Crippen LogP contribution in [0.15, 0.2) is 53.6 Å². The summed E-state index contributed by atoms with van der Waals surface area (Å²) in [4.78, 5) is 3.90. The molecule has 0 amide bonds. The van der Waals surface area contributed by atoms with Gasteiger partial charge in [0.25, 0.3) is 10.0 Å². The fourth-order valence-electron chi connectivity index (χ4n) is 3.27. The zero-order valence-corrected chi connectivity index (χ0v) is 13.9. The van der Waals surface area contributed by atoms with E-state index in [-0.39, 0.29) is 15.8 Å². The number of aromatic nitrogens is 1. The fourth-order valence-corrected chi connectivity index (χ4v) is 4.56. The lowest BCUT2D eigenvalue weighted by Crippen LogP contribution is -2.15. The number of nitrogens with one attached hydrogen (secondary N) is 1. The van der Waals surface area contributed by atoms with Gasteiger partial charge in [0.05, 0.1) is 16.7 Å². The van der Waals surface area contributed by atoms with Crippen LogP contribution in [0.5, 0.6) is 0 Å². The van der Waals surface area contributed by atoms with Crippen molar-refractivity contribution >= 4 is 26.6 Å². The predicted molar refractivity (Wildman–Crippen MR) is 92.4 cm³/mol. The van der Waals surface area contributed by atoms with Crippen LogP contribution in [0.1, 0.15) is 11.1 Å². The third-order valence-corrected chi connectivity index (χ3v) is 5.81. The van der Waals surface area contributed by atoms with Gasteiger partial charge in [-0.25, -0.2) is 12.8 Å². The monoisotopic (exact) mass is 358 g/mol. The molecule has 5 nitrogen and oxygen atoms in total. The van der Waals surface area contributed by atoms with Gasteiger partial charge < -0.3 is 5.11 Å². The standard InChI is InChI=1S/C18H15FN2O3S/c19-15-6-7-17(13-4-2-8-20-18(13)15)25(23,24)21-16-5-1-3-11-9-12(22)10-14(11)16/h1-8,12,21-22H,9-10H2/t12-/m0/s1. The Morgan fingerprint density at radius 2 is 1.96 bits per heavy atom. The first kappa shape index (κ1) is 16.0. The van der Waals surface area contributed by atoms with Gasteiger partial charge >= 0.3 is 0 Å². The van der Waals surface area contributed by atoms with Crippen molar-refractivity contribution < 1.29 is 17.9 Å². The lowest BCUT2D eigenvalue weighted by Gasteiger charge is -2.13. The normalized spacial score (nSPS) is 16.8. The highest BCUT2D eigenvalue weighted by Crippen LogP contribution is 2.32. The Morgan fingerprint density at radius 3 is 2.80 bits per heavy atom. The summed E-state index contributed by atoms with van der Waals surface area (Å²) in [5.41, 5.74) is 2.18. The first-order chi connectivity index (χ1) is 12.0. The molecule has 0 fully saturated rings. The first-order valence-electron chi connectivity index (χ1n) is 7.80. The molecule has 4 rings (SSSR count). The maximum absolute atomic E-state index is 13.9. The van der Waals surface area contributed by atoms with E-state index < -0.39 is 21.9 Å². The summed E-state index contributed by atoms with van der Waals surface area (Å²) in [7, 11) is -3.93. The first-order valence-corrected chi connectivity index (χ1v) is 9.29. The van der Waals surface area contributed by atoms with Crippen LogP contribution in [-0.2, 0) is 22.9 Å². The fraction of sp³-hybridized carbons (Fsp3) is 0.167. The zero-order valence-electron chi connectivity index (χ0n) is 13.1. The number of aliphatic hydroxyl groups is 1. The van der Waals surface area contributed by atoms with E-state index in [0.717, 1.165) is 17.2 Å². The van der Waals surface area contributed by atoms with E-state index >= 15 is 0 Å². The number of hydrogen-bond acceptors (Lipinski definition) is 4. The number of benzene rings is 2. The molecule has 0 spiro atoms. The smallest absolute Gasteiger partial charge is 0.262 e. The van der Waals surface area contributed by atoms with Crippen molar-refractivity contribution in [1.82, 2.24) is 4.98 Å². The van der Waals surface area contributed by atoms with Crippen LogP contribution in [0.2, 0.25) is 0 Å². The summed E-state index contributed by atoms with van der Waals surface area (Å²) < 4.78 is 42.2. The highest BCUT2D eigenvalue weighted by atomic mass is 32.2. The van der Waals surface area contributed by atoms with Crippen molar-refractivity contribution in [2.75, 3.05) is 4.72 Å². The molecule has 0 radical (unpaired) electrons. The summed E-state index contributed by atoms with van der Waals surface area (Å²) in [5.74, 6) is -0.571. The molecule has 1 heterocycles. The molecule has 3 aromatic rings. The van der Waals surface area contributed by atoms with Crippen LogP contribution in [0.25, 0.3) is 10.9 Å². The zero-order chi connectivity index (χ0) is 17.6. The summed E-state index contributed by atoms with van der Waals surface area (Å²) >= 11 is 0. The summed E-state index contributed by atoms with van der Waals surface area (Å²) in [6.45, 7) is 0. The van der Waals surface area contributed by atoms with E-state index in [0.29, 0.717) is 18.5 Å². The van der Waals surface area contributed by atoms with Crippen LogP contribution in [0, 0.1) is 5.82 Å².